The van der Waals surface area contributed by atoms with Crippen molar-refractivity contribution in [3.63, 3.8) is 0 Å². The van der Waals surface area contributed by atoms with Gasteiger partial charge in [0.15, 0.2) is 6.04 Å². The van der Waals surface area contributed by atoms with E-state index in [1.54, 1.807) is 6.34 Å². The molecule has 1 aliphatic carbocycles. The van der Waals surface area contributed by atoms with Gasteiger partial charge in [0.25, 0.3) is 0 Å². The number of aliphatic imine (C=N–C) groups is 2. The molecule has 52 heavy (non-hydrogen) atoms. The molecule has 1 aromatic heterocycles. The maximum absolute atomic E-state index is 13.9. The van der Waals surface area contributed by atoms with Crippen LogP contribution in [-0.2, 0) is 19.1 Å². The minimum absolute atomic E-state index is 0.0572. The summed E-state index contributed by atoms with van der Waals surface area (Å²) in [5.41, 5.74) is 4.56. The second-order valence-electron chi connectivity index (χ2n) is 14.5. The number of alkyl carbamates (subject to hydrolysis) is 2. The van der Waals surface area contributed by atoms with Crippen molar-refractivity contribution >= 4 is 47.1 Å². The van der Waals surface area contributed by atoms with Crippen LogP contribution < -0.4 is 10.6 Å². The first kappa shape index (κ1) is 36.8. The van der Waals surface area contributed by atoms with E-state index in [2.05, 4.69) is 49.9 Å². The van der Waals surface area contributed by atoms with E-state index in [9.17, 15) is 19.2 Å². The fourth-order valence-electron chi connectivity index (χ4n) is 7.72. The van der Waals surface area contributed by atoms with Crippen molar-refractivity contribution in [1.82, 2.24) is 30.4 Å². The number of rotatable bonds is 11. The molecule has 0 spiro atoms. The highest BCUT2D eigenvalue weighted by atomic mass is 16.5. The minimum Gasteiger partial charge on any atom is -0.453 e. The van der Waals surface area contributed by atoms with Crippen LogP contribution in [0.25, 0.3) is 11.0 Å². The Morgan fingerprint density at radius 2 is 1.56 bits per heavy atom. The Hall–Kier alpha value is -5.01. The van der Waals surface area contributed by atoms with Gasteiger partial charge in [-0.15, -0.1) is 0 Å². The zero-order chi connectivity index (χ0) is 37.1. The standard InChI is InChI=1S/C38H49N8O6/c1-21(2)32(43-37(49)51-5)35(47)45-15-7-9-25(45)19-26(23-11-13-27-29(17-23)40-20-39-27)24-12-14-28-30(18-24)42-34(41-28)31-10-8-16-46(31)36(48)33(22(3)4)44-38(50)52-6/h11-14,17-18,20-22,25-26,31-33H,7-10,15-16,19H2,1-6H3,(H,41,42)(H,43,49)(H,44,50). The molecule has 277 valence electrons. The van der Waals surface area contributed by atoms with E-state index in [1.165, 1.54) is 14.2 Å². The lowest BCUT2D eigenvalue weighted by Gasteiger charge is -2.33. The number of methoxy groups -OCH3 is 2. The molecular weight excluding hydrogens is 664 g/mol. The third kappa shape index (κ3) is 7.61. The van der Waals surface area contributed by atoms with E-state index in [-0.39, 0.29) is 41.7 Å². The first-order chi connectivity index (χ1) is 25.0. The Kier molecular flexibility index (Phi) is 11.1. The molecule has 3 N–H and O–H groups in total. The van der Waals surface area contributed by atoms with Crippen molar-refractivity contribution < 1.29 is 28.7 Å². The van der Waals surface area contributed by atoms with Gasteiger partial charge in [-0.2, -0.15) is 0 Å². The number of ether oxygens (including phenoxy) is 2. The Labute approximate surface area is 304 Å². The van der Waals surface area contributed by atoms with Crippen LogP contribution in [-0.4, -0.2) is 101 Å². The van der Waals surface area contributed by atoms with Crippen molar-refractivity contribution in [2.45, 2.75) is 89.9 Å². The molecule has 14 nitrogen and oxygen atoms in total. The van der Waals surface area contributed by atoms with Crippen molar-refractivity contribution in [1.29, 1.82) is 0 Å². The molecule has 2 fully saturated rings. The van der Waals surface area contributed by atoms with Gasteiger partial charge in [0.1, 0.15) is 24.2 Å². The number of nitrogens with zero attached hydrogens (tertiary/aromatic N) is 5. The van der Waals surface area contributed by atoms with Crippen LogP contribution >= 0.6 is 0 Å². The zero-order valence-electron chi connectivity index (χ0n) is 30.7. The smallest absolute Gasteiger partial charge is 0.407 e. The monoisotopic (exact) mass is 713 g/mol. The molecule has 4 aliphatic rings. The molecule has 0 saturated carbocycles. The molecule has 0 bridgehead atoms. The number of imidazole rings is 1. The molecule has 2 saturated heterocycles. The third-order valence-electron chi connectivity index (χ3n) is 10.5. The summed E-state index contributed by atoms with van der Waals surface area (Å²) in [4.78, 5) is 72.9. The number of nitrogens with one attached hydrogen (secondary N) is 3. The van der Waals surface area contributed by atoms with Gasteiger partial charge < -0.3 is 34.9 Å². The van der Waals surface area contributed by atoms with E-state index >= 15 is 0 Å². The molecule has 5 atom stereocenters. The normalized spacial score (nSPS) is 21.6. The summed E-state index contributed by atoms with van der Waals surface area (Å²) in [7, 11) is 2.58. The Morgan fingerprint density at radius 3 is 2.23 bits per heavy atom. The topological polar surface area (TPSA) is 171 Å². The summed E-state index contributed by atoms with van der Waals surface area (Å²) < 4.78 is 9.61. The largest absolute Gasteiger partial charge is 0.453 e. The predicted octanol–water partition coefficient (Wildman–Crippen LogP) is 4.96. The summed E-state index contributed by atoms with van der Waals surface area (Å²) >= 11 is 0. The number of amides is 4. The molecule has 4 heterocycles. The number of allylic oxidation sites excluding steroid dienone is 2. The van der Waals surface area contributed by atoms with Gasteiger partial charge in [0, 0.05) is 25.0 Å². The summed E-state index contributed by atoms with van der Waals surface area (Å²) in [6, 6.07) is 5.28. The Balaban J connectivity index is 1.29. The third-order valence-corrected chi connectivity index (χ3v) is 10.5. The van der Waals surface area contributed by atoms with Crippen molar-refractivity contribution in [2.24, 2.45) is 21.8 Å². The average Bonchev–Trinajstić information content (AvgIpc) is 3.96. The average molecular weight is 714 g/mol. The molecule has 6 rings (SSSR count). The van der Waals surface area contributed by atoms with Crippen LogP contribution in [0.4, 0.5) is 9.59 Å². The fraction of sp³-hybridized carbons (Fsp3) is 0.526. The van der Waals surface area contributed by atoms with E-state index < -0.39 is 24.3 Å². The van der Waals surface area contributed by atoms with Crippen molar-refractivity contribution in [2.75, 3.05) is 27.3 Å². The molecular formula is C38H49N8O6. The fourth-order valence-corrected chi connectivity index (χ4v) is 7.72. The number of fused-ring (bicyclic) bond motifs is 2. The lowest BCUT2D eigenvalue weighted by Crippen LogP contribution is -2.52. The second-order valence-corrected chi connectivity index (χ2v) is 14.5. The number of carbonyl (C=O) groups is 4. The lowest BCUT2D eigenvalue weighted by molar-refractivity contribution is -0.136. The highest BCUT2D eigenvalue weighted by molar-refractivity contribution is 6.14. The van der Waals surface area contributed by atoms with Gasteiger partial charge >= 0.3 is 12.2 Å². The summed E-state index contributed by atoms with van der Waals surface area (Å²) in [6.07, 6.45) is 10.4. The first-order valence-corrected chi connectivity index (χ1v) is 18.2. The molecule has 1 aromatic carbocycles. The molecule has 1 radical (unpaired) electrons. The summed E-state index contributed by atoms with van der Waals surface area (Å²) in [5, 5.41) is 5.46. The molecule has 3 aliphatic heterocycles. The number of carbonyl (C=O) groups excluding carboxylic acids is 4. The number of aromatic amines is 1. The van der Waals surface area contributed by atoms with Crippen molar-refractivity contribution in [3.05, 3.63) is 59.4 Å². The zero-order valence-corrected chi connectivity index (χ0v) is 30.7. The van der Waals surface area contributed by atoms with Crippen LogP contribution in [0.2, 0.25) is 0 Å². The number of likely N-dealkylation sites (tertiary alicyclic amines) is 2. The van der Waals surface area contributed by atoms with Gasteiger partial charge in [0.2, 0.25) is 11.8 Å². The predicted molar refractivity (Wildman–Crippen MR) is 197 cm³/mol. The number of H-pyrrole nitrogens is 1. The number of hydrogen-bond donors (Lipinski definition) is 3. The Bertz CT molecular complexity index is 1810. The lowest BCUT2D eigenvalue weighted by atomic mass is 9.81. The highest BCUT2D eigenvalue weighted by Crippen LogP contribution is 2.39. The molecule has 5 unspecified atom stereocenters. The van der Waals surface area contributed by atoms with Crippen LogP contribution in [0, 0.1) is 17.9 Å². The van der Waals surface area contributed by atoms with Crippen molar-refractivity contribution in [3.8, 4) is 0 Å². The van der Waals surface area contributed by atoms with Crippen LogP contribution in [0.1, 0.15) is 83.1 Å². The van der Waals surface area contributed by atoms with Crippen LogP contribution in [0.15, 0.2) is 52.0 Å². The number of aromatic nitrogens is 2. The van der Waals surface area contributed by atoms with Gasteiger partial charge in [0.05, 0.1) is 37.0 Å². The highest BCUT2D eigenvalue weighted by Gasteiger charge is 2.39. The van der Waals surface area contributed by atoms with E-state index in [1.807, 2.05) is 49.6 Å². The maximum Gasteiger partial charge on any atom is 0.407 e. The van der Waals surface area contributed by atoms with E-state index in [0.717, 1.165) is 59.6 Å². The molecule has 4 amide bonds. The minimum atomic E-state index is -0.719. The SMILES string of the molecule is COC(=O)NC(C(=O)N1CCCC1CC(C1=C[C]2N=CN=C2C=C1)c1ccc2nc(C3CCCN3C(=O)C(NC(=O)OC)C(C)C)[nH]c2c1)C(C)C. The van der Waals surface area contributed by atoms with Gasteiger partial charge in [-0.3, -0.25) is 14.6 Å². The van der Waals surface area contributed by atoms with Gasteiger partial charge in [-0.05, 0) is 79.4 Å². The van der Waals surface area contributed by atoms with E-state index in [4.69, 9.17) is 14.5 Å². The summed E-state index contributed by atoms with van der Waals surface area (Å²) in [5.74, 6) is 0.0898. The van der Waals surface area contributed by atoms with Gasteiger partial charge in [-0.25, -0.2) is 19.6 Å². The van der Waals surface area contributed by atoms with Gasteiger partial charge in [-0.1, -0.05) is 39.8 Å². The van der Waals surface area contributed by atoms with Crippen LogP contribution in [0.5, 0.6) is 0 Å². The van der Waals surface area contributed by atoms with E-state index in [0.29, 0.717) is 25.3 Å². The Morgan fingerprint density at radius 1 is 0.904 bits per heavy atom. The molecule has 14 heteroatoms. The number of benzene rings is 1. The van der Waals surface area contributed by atoms with Crippen LogP contribution in [0.3, 0.4) is 0 Å². The maximum atomic E-state index is 13.9. The molecule has 2 aromatic rings. The second kappa shape index (κ2) is 15.7. The first-order valence-electron chi connectivity index (χ1n) is 18.2. The quantitative estimate of drug-likeness (QED) is 0.295. The summed E-state index contributed by atoms with van der Waals surface area (Å²) in [6.45, 7) is 8.80. The number of hydrogen-bond acceptors (Lipinski definition) is 9.